The number of esters is 1. The Hall–Kier alpha value is -2.32. The van der Waals surface area contributed by atoms with Gasteiger partial charge in [0.15, 0.2) is 6.10 Å². The number of hydrogen-bond acceptors (Lipinski definition) is 5. The van der Waals surface area contributed by atoms with Crippen LogP contribution in [0.25, 0.3) is 0 Å². The summed E-state index contributed by atoms with van der Waals surface area (Å²) in [7, 11) is 0. The van der Waals surface area contributed by atoms with Crippen molar-refractivity contribution < 1.29 is 23.9 Å². The fourth-order valence-electron chi connectivity index (χ4n) is 2.36. The Kier molecular flexibility index (Phi) is 6.33. The largest absolute Gasteiger partial charge is 0.452 e. The van der Waals surface area contributed by atoms with Crippen LogP contribution in [0.2, 0.25) is 10.0 Å². The molecular formula is C17H19Cl2N3O5. The van der Waals surface area contributed by atoms with Gasteiger partial charge in [-0.25, -0.2) is 4.79 Å². The fourth-order valence-corrected chi connectivity index (χ4v) is 2.70. The zero-order valence-corrected chi connectivity index (χ0v) is 16.5. The first-order valence-corrected chi connectivity index (χ1v) is 8.86. The van der Waals surface area contributed by atoms with Crippen molar-refractivity contribution in [2.24, 2.45) is 0 Å². The van der Waals surface area contributed by atoms with E-state index in [1.165, 1.54) is 19.1 Å². The second-order valence-corrected chi connectivity index (χ2v) is 7.35. The number of carbonyl (C=O) groups excluding carboxylic acids is 4. The van der Waals surface area contributed by atoms with Crippen molar-refractivity contribution in [2.75, 3.05) is 11.9 Å². The zero-order chi connectivity index (χ0) is 20.4. The van der Waals surface area contributed by atoms with Crippen LogP contribution in [0.1, 0.15) is 27.2 Å². The number of nitrogens with one attached hydrogen (secondary N) is 2. The summed E-state index contributed by atoms with van der Waals surface area (Å²) in [4.78, 5) is 48.8. The third kappa shape index (κ3) is 5.11. The third-order valence-corrected chi connectivity index (χ3v) is 4.41. The van der Waals surface area contributed by atoms with Gasteiger partial charge in [-0.3, -0.25) is 19.3 Å². The highest BCUT2D eigenvalue weighted by Gasteiger charge is 2.44. The molecule has 0 aliphatic carbocycles. The van der Waals surface area contributed by atoms with Crippen LogP contribution in [0, 0.1) is 0 Å². The van der Waals surface area contributed by atoms with Gasteiger partial charge in [0.25, 0.3) is 11.8 Å². The van der Waals surface area contributed by atoms with Gasteiger partial charge in [0, 0.05) is 11.6 Å². The van der Waals surface area contributed by atoms with Gasteiger partial charge >= 0.3 is 12.0 Å². The number of amides is 4. The molecule has 10 heteroatoms. The molecule has 1 aromatic carbocycles. The Morgan fingerprint density at radius 1 is 1.30 bits per heavy atom. The average molecular weight is 416 g/mol. The minimum atomic E-state index is -1.10. The van der Waals surface area contributed by atoms with Crippen LogP contribution < -0.4 is 10.6 Å². The number of anilines is 1. The van der Waals surface area contributed by atoms with Gasteiger partial charge in [0.1, 0.15) is 5.54 Å². The molecule has 2 N–H and O–H groups in total. The van der Waals surface area contributed by atoms with Crippen LogP contribution in [0.3, 0.4) is 0 Å². The molecule has 2 rings (SSSR count). The first kappa shape index (κ1) is 21.0. The second kappa shape index (κ2) is 8.14. The molecule has 4 amide bonds. The van der Waals surface area contributed by atoms with Gasteiger partial charge in [0.05, 0.1) is 17.1 Å². The number of hydrogen-bond donors (Lipinski definition) is 2. The summed E-state index contributed by atoms with van der Waals surface area (Å²) in [5.74, 6) is -1.74. The standard InChI is InChI=1S/C17H19Cl2N3O5/c1-9(14(24)20-12-8-10(18)4-5-11(12)19)27-13(23)6-7-22-15(25)17(2,3)21-16(22)26/h4-5,8-9H,6-7H2,1-3H3,(H,20,24)(H,21,26)/t9-/m1/s1. The molecule has 1 aliphatic heterocycles. The highest BCUT2D eigenvalue weighted by atomic mass is 35.5. The van der Waals surface area contributed by atoms with E-state index in [0.29, 0.717) is 10.7 Å². The maximum absolute atomic E-state index is 12.1. The number of benzene rings is 1. The first-order valence-electron chi connectivity index (χ1n) is 8.11. The lowest BCUT2D eigenvalue weighted by molar-refractivity contribution is -0.153. The summed E-state index contributed by atoms with van der Waals surface area (Å²) in [6, 6.07) is 3.99. The highest BCUT2D eigenvalue weighted by molar-refractivity contribution is 6.35. The molecule has 27 heavy (non-hydrogen) atoms. The number of ether oxygens (including phenoxy) is 1. The van der Waals surface area contributed by atoms with E-state index in [2.05, 4.69) is 10.6 Å². The quantitative estimate of drug-likeness (QED) is 0.548. The van der Waals surface area contributed by atoms with Crippen LogP contribution in [0.5, 0.6) is 0 Å². The van der Waals surface area contributed by atoms with E-state index in [1.807, 2.05) is 0 Å². The van der Waals surface area contributed by atoms with Crippen LogP contribution in [-0.4, -0.2) is 46.9 Å². The lowest BCUT2D eigenvalue weighted by atomic mass is 10.1. The number of imide groups is 1. The van der Waals surface area contributed by atoms with E-state index in [0.717, 1.165) is 4.90 Å². The number of urea groups is 1. The molecule has 0 aromatic heterocycles. The molecule has 0 unspecified atom stereocenters. The molecule has 0 spiro atoms. The summed E-state index contributed by atoms with van der Waals surface area (Å²) in [5.41, 5.74) is -0.719. The SMILES string of the molecule is C[C@@H](OC(=O)CCN1C(=O)NC(C)(C)C1=O)C(=O)Nc1cc(Cl)ccc1Cl. The van der Waals surface area contributed by atoms with Crippen LogP contribution in [0.4, 0.5) is 10.5 Å². The van der Waals surface area contributed by atoms with E-state index >= 15 is 0 Å². The summed E-state index contributed by atoms with van der Waals surface area (Å²) >= 11 is 11.8. The molecule has 1 saturated heterocycles. The minimum Gasteiger partial charge on any atom is -0.452 e. The van der Waals surface area contributed by atoms with Crippen molar-refractivity contribution in [3.05, 3.63) is 28.2 Å². The smallest absolute Gasteiger partial charge is 0.325 e. The van der Waals surface area contributed by atoms with Crippen LogP contribution in [0.15, 0.2) is 18.2 Å². The molecule has 8 nitrogen and oxygen atoms in total. The highest BCUT2D eigenvalue weighted by Crippen LogP contribution is 2.25. The number of carbonyl (C=O) groups is 4. The lowest BCUT2D eigenvalue weighted by Gasteiger charge is -2.17. The lowest BCUT2D eigenvalue weighted by Crippen LogP contribution is -2.40. The van der Waals surface area contributed by atoms with Gasteiger partial charge in [-0.15, -0.1) is 0 Å². The number of nitrogens with zero attached hydrogens (tertiary/aromatic N) is 1. The van der Waals surface area contributed by atoms with E-state index in [1.54, 1.807) is 19.9 Å². The first-order chi connectivity index (χ1) is 12.5. The second-order valence-electron chi connectivity index (χ2n) is 6.51. The maximum Gasteiger partial charge on any atom is 0.325 e. The zero-order valence-electron chi connectivity index (χ0n) is 15.0. The van der Waals surface area contributed by atoms with Crippen LogP contribution in [-0.2, 0) is 19.1 Å². The molecule has 0 saturated carbocycles. The average Bonchev–Trinajstić information content (AvgIpc) is 2.76. The van der Waals surface area contributed by atoms with Crippen molar-refractivity contribution in [1.29, 1.82) is 0 Å². The molecule has 1 heterocycles. The summed E-state index contributed by atoms with van der Waals surface area (Å²) in [5, 5.41) is 5.70. The summed E-state index contributed by atoms with van der Waals surface area (Å²) in [6.45, 7) is 4.39. The van der Waals surface area contributed by atoms with E-state index in [9.17, 15) is 19.2 Å². The summed E-state index contributed by atoms with van der Waals surface area (Å²) in [6.07, 6.45) is -1.34. The molecule has 1 fully saturated rings. The molecule has 1 aromatic rings. The Labute approximate surface area is 166 Å². The molecule has 0 bridgehead atoms. The minimum absolute atomic E-state index is 0.138. The van der Waals surface area contributed by atoms with Crippen molar-refractivity contribution in [1.82, 2.24) is 10.2 Å². The Morgan fingerprint density at radius 2 is 1.96 bits per heavy atom. The van der Waals surface area contributed by atoms with Crippen molar-refractivity contribution in [3.63, 3.8) is 0 Å². The number of halogens is 2. The topological polar surface area (TPSA) is 105 Å². The Balaban J connectivity index is 1.86. The van der Waals surface area contributed by atoms with E-state index in [-0.39, 0.29) is 18.0 Å². The molecule has 0 radical (unpaired) electrons. The molecule has 1 aliphatic rings. The third-order valence-electron chi connectivity index (χ3n) is 3.85. The molecular weight excluding hydrogens is 397 g/mol. The van der Waals surface area contributed by atoms with Gasteiger partial charge in [-0.1, -0.05) is 23.2 Å². The van der Waals surface area contributed by atoms with Crippen molar-refractivity contribution in [2.45, 2.75) is 38.8 Å². The van der Waals surface area contributed by atoms with Gasteiger partial charge < -0.3 is 15.4 Å². The maximum atomic E-state index is 12.1. The predicted molar refractivity (Wildman–Crippen MR) is 99.6 cm³/mol. The summed E-state index contributed by atoms with van der Waals surface area (Å²) < 4.78 is 5.04. The molecule has 1 atom stereocenters. The van der Waals surface area contributed by atoms with Gasteiger partial charge in [0.2, 0.25) is 0 Å². The Morgan fingerprint density at radius 3 is 2.56 bits per heavy atom. The van der Waals surface area contributed by atoms with Gasteiger partial charge in [-0.05, 0) is 39.0 Å². The van der Waals surface area contributed by atoms with Crippen molar-refractivity contribution in [3.8, 4) is 0 Å². The van der Waals surface area contributed by atoms with Crippen molar-refractivity contribution >= 4 is 52.7 Å². The van der Waals surface area contributed by atoms with Gasteiger partial charge in [-0.2, -0.15) is 0 Å². The van der Waals surface area contributed by atoms with E-state index in [4.69, 9.17) is 27.9 Å². The Bertz CT molecular complexity index is 797. The number of rotatable bonds is 6. The predicted octanol–water partition coefficient (Wildman–Crippen LogP) is 2.58. The normalized spacial score (nSPS) is 16.7. The molecule has 146 valence electrons. The van der Waals surface area contributed by atoms with E-state index < -0.39 is 35.5 Å². The monoisotopic (exact) mass is 415 g/mol. The fraction of sp³-hybridized carbons (Fsp3) is 0.412. The van der Waals surface area contributed by atoms with Crippen LogP contribution >= 0.6 is 23.2 Å².